The topological polar surface area (TPSA) is 105 Å². The third-order valence-electron chi connectivity index (χ3n) is 7.51. The highest BCUT2D eigenvalue weighted by molar-refractivity contribution is 6.29. The second-order valence-electron chi connectivity index (χ2n) is 10.4. The molecule has 2 heterocycles. The molecule has 2 aromatic rings. The van der Waals surface area contributed by atoms with Crippen LogP contribution in [0.15, 0.2) is 36.4 Å². The van der Waals surface area contributed by atoms with Gasteiger partial charge in [-0.15, -0.1) is 0 Å². The van der Waals surface area contributed by atoms with Gasteiger partial charge in [-0.2, -0.15) is 0 Å². The molecule has 2 N–H and O–H groups in total. The Hall–Kier alpha value is -3.44. The Morgan fingerprint density at radius 3 is 1.34 bits per heavy atom. The van der Waals surface area contributed by atoms with Crippen molar-refractivity contribution in [2.75, 3.05) is 90.2 Å². The summed E-state index contributed by atoms with van der Waals surface area (Å²) in [4.78, 5) is 60.4. The Morgan fingerprint density at radius 2 is 0.974 bits per heavy atom. The fourth-order valence-corrected chi connectivity index (χ4v) is 5.13. The van der Waals surface area contributed by atoms with E-state index in [4.69, 9.17) is 0 Å². The molecule has 5 rings (SSSR count). The van der Waals surface area contributed by atoms with Crippen molar-refractivity contribution < 1.29 is 19.2 Å². The number of anilines is 2. The standard InChI is InChI=1S/C28H34N6O4/c1-31-7-11-33(12-8-31)17-25(35)29-19-3-5-21-23(15-19)27(37)22-6-4-20(16-24(22)28(21)38)30-26(36)18-34-13-9-32(2)10-14-34/h3-6,15-16H,7-14,17-18H2,1-2H3,(H,29,35)(H,30,36). The number of hydrogen-bond donors (Lipinski definition) is 2. The average molecular weight is 519 g/mol. The largest absolute Gasteiger partial charge is 0.325 e. The van der Waals surface area contributed by atoms with Crippen LogP contribution < -0.4 is 10.6 Å². The van der Waals surface area contributed by atoms with Crippen LogP contribution in [0.1, 0.15) is 31.8 Å². The van der Waals surface area contributed by atoms with Crippen molar-refractivity contribution in [3.05, 3.63) is 58.7 Å². The van der Waals surface area contributed by atoms with Crippen molar-refractivity contribution in [3.8, 4) is 0 Å². The maximum Gasteiger partial charge on any atom is 0.238 e. The van der Waals surface area contributed by atoms with Gasteiger partial charge < -0.3 is 20.4 Å². The van der Waals surface area contributed by atoms with E-state index in [0.717, 1.165) is 52.4 Å². The first-order valence-electron chi connectivity index (χ1n) is 13.1. The molecule has 0 saturated carbocycles. The van der Waals surface area contributed by atoms with Crippen LogP contribution in [-0.2, 0) is 9.59 Å². The van der Waals surface area contributed by atoms with E-state index in [0.29, 0.717) is 22.5 Å². The molecule has 1 aliphatic carbocycles. The van der Waals surface area contributed by atoms with Gasteiger partial charge in [-0.25, -0.2) is 0 Å². The first-order chi connectivity index (χ1) is 18.3. The Labute approximate surface area is 222 Å². The van der Waals surface area contributed by atoms with Crippen LogP contribution in [0.2, 0.25) is 0 Å². The molecule has 0 radical (unpaired) electrons. The van der Waals surface area contributed by atoms with E-state index in [1.807, 2.05) is 0 Å². The third kappa shape index (κ3) is 5.83. The van der Waals surface area contributed by atoms with Gasteiger partial charge in [0, 0.05) is 86.0 Å². The molecule has 2 amide bonds. The zero-order chi connectivity index (χ0) is 26.8. The molecule has 200 valence electrons. The number of hydrogen-bond acceptors (Lipinski definition) is 8. The van der Waals surface area contributed by atoms with Crippen molar-refractivity contribution in [1.29, 1.82) is 0 Å². The summed E-state index contributed by atoms with van der Waals surface area (Å²) >= 11 is 0. The molecule has 0 bridgehead atoms. The lowest BCUT2D eigenvalue weighted by molar-refractivity contribution is -0.118. The lowest BCUT2D eigenvalue weighted by atomic mass is 9.83. The van der Waals surface area contributed by atoms with Gasteiger partial charge in [0.25, 0.3) is 0 Å². The van der Waals surface area contributed by atoms with Crippen LogP contribution in [0, 0.1) is 0 Å². The number of nitrogens with zero attached hydrogens (tertiary/aromatic N) is 4. The smallest absolute Gasteiger partial charge is 0.238 e. The van der Waals surface area contributed by atoms with Crippen LogP contribution in [0.5, 0.6) is 0 Å². The van der Waals surface area contributed by atoms with Crippen molar-refractivity contribution >= 4 is 34.8 Å². The minimum absolute atomic E-state index is 0.151. The molecule has 2 saturated heterocycles. The Kier molecular flexibility index (Phi) is 7.66. The van der Waals surface area contributed by atoms with Gasteiger partial charge in [0.15, 0.2) is 11.6 Å². The van der Waals surface area contributed by atoms with Crippen molar-refractivity contribution in [3.63, 3.8) is 0 Å². The quantitative estimate of drug-likeness (QED) is 0.495. The fraction of sp³-hybridized carbons (Fsp3) is 0.429. The molecule has 2 aliphatic heterocycles. The van der Waals surface area contributed by atoms with Crippen LogP contribution in [0.4, 0.5) is 11.4 Å². The Bertz CT molecular complexity index is 1160. The molecule has 0 atom stereocenters. The molecule has 0 aromatic heterocycles. The number of rotatable bonds is 6. The number of nitrogens with one attached hydrogen (secondary N) is 2. The monoisotopic (exact) mass is 518 g/mol. The Balaban J connectivity index is 1.24. The van der Waals surface area contributed by atoms with Crippen molar-refractivity contribution in [2.24, 2.45) is 0 Å². The predicted molar refractivity (Wildman–Crippen MR) is 145 cm³/mol. The minimum atomic E-state index is -0.278. The summed E-state index contributed by atoms with van der Waals surface area (Å²) in [6.07, 6.45) is 0. The Morgan fingerprint density at radius 1 is 0.605 bits per heavy atom. The highest BCUT2D eigenvalue weighted by Crippen LogP contribution is 2.31. The average Bonchev–Trinajstić information content (AvgIpc) is 2.90. The predicted octanol–water partition coefficient (Wildman–Crippen LogP) is 0.834. The maximum atomic E-state index is 13.3. The summed E-state index contributed by atoms with van der Waals surface area (Å²) in [6, 6.07) is 9.63. The van der Waals surface area contributed by atoms with Gasteiger partial charge in [-0.1, -0.05) is 0 Å². The first-order valence-corrected chi connectivity index (χ1v) is 13.1. The molecular weight excluding hydrogens is 484 g/mol. The van der Waals surface area contributed by atoms with Crippen LogP contribution in [0.25, 0.3) is 0 Å². The van der Waals surface area contributed by atoms with E-state index in [1.165, 1.54) is 0 Å². The third-order valence-corrected chi connectivity index (χ3v) is 7.51. The molecule has 0 spiro atoms. The molecule has 10 heteroatoms. The summed E-state index contributed by atoms with van der Waals surface area (Å²) in [5.41, 5.74) is 2.10. The van der Waals surface area contributed by atoms with Crippen LogP contribution in [0.3, 0.4) is 0 Å². The summed E-state index contributed by atoms with van der Waals surface area (Å²) < 4.78 is 0. The summed E-state index contributed by atoms with van der Waals surface area (Å²) in [6.45, 7) is 7.56. The van der Waals surface area contributed by atoms with Gasteiger partial charge in [0.2, 0.25) is 11.8 Å². The van der Waals surface area contributed by atoms with E-state index in [1.54, 1.807) is 36.4 Å². The lowest BCUT2D eigenvalue weighted by Crippen LogP contribution is -2.47. The summed E-state index contributed by atoms with van der Waals surface area (Å²) in [7, 11) is 4.13. The summed E-state index contributed by atoms with van der Waals surface area (Å²) in [5.74, 6) is -0.858. The second kappa shape index (κ2) is 11.1. The van der Waals surface area contributed by atoms with Crippen LogP contribution in [-0.4, -0.2) is 123 Å². The molecule has 3 aliphatic rings. The number of carbonyl (C=O) groups is 4. The highest BCUT2D eigenvalue weighted by Gasteiger charge is 2.30. The molecule has 38 heavy (non-hydrogen) atoms. The van der Waals surface area contributed by atoms with Gasteiger partial charge in [-0.05, 0) is 50.5 Å². The van der Waals surface area contributed by atoms with Gasteiger partial charge in [0.05, 0.1) is 13.1 Å². The number of carbonyl (C=O) groups excluding carboxylic acids is 4. The molecule has 0 unspecified atom stereocenters. The minimum Gasteiger partial charge on any atom is -0.325 e. The lowest BCUT2D eigenvalue weighted by Gasteiger charge is -2.31. The van der Waals surface area contributed by atoms with E-state index >= 15 is 0 Å². The zero-order valence-electron chi connectivity index (χ0n) is 22.0. The number of likely N-dealkylation sites (N-methyl/N-ethyl adjacent to an activating group) is 2. The number of piperazine rings is 2. The fourth-order valence-electron chi connectivity index (χ4n) is 5.13. The van der Waals surface area contributed by atoms with E-state index < -0.39 is 0 Å². The normalized spacial score (nSPS) is 19.1. The van der Waals surface area contributed by atoms with E-state index in [2.05, 4.69) is 44.3 Å². The first kappa shape index (κ1) is 26.2. The number of fused-ring (bicyclic) bond motifs is 2. The molecule has 2 aromatic carbocycles. The molecular formula is C28H34N6O4. The van der Waals surface area contributed by atoms with Crippen molar-refractivity contribution in [1.82, 2.24) is 19.6 Å². The number of benzene rings is 2. The summed E-state index contributed by atoms with van der Waals surface area (Å²) in [5, 5.41) is 5.73. The second-order valence-corrected chi connectivity index (χ2v) is 10.4. The van der Waals surface area contributed by atoms with Crippen molar-refractivity contribution in [2.45, 2.75) is 0 Å². The van der Waals surface area contributed by atoms with Gasteiger partial charge >= 0.3 is 0 Å². The van der Waals surface area contributed by atoms with Gasteiger partial charge in [-0.3, -0.25) is 29.0 Å². The highest BCUT2D eigenvalue weighted by atomic mass is 16.2. The van der Waals surface area contributed by atoms with Gasteiger partial charge in [0.1, 0.15) is 0 Å². The SMILES string of the molecule is CN1CCN(CC(=O)Nc2ccc3c(c2)C(=O)c2ccc(NC(=O)CN4CCN(C)CC4)cc2C3=O)CC1. The zero-order valence-corrected chi connectivity index (χ0v) is 22.0. The van der Waals surface area contributed by atoms with E-state index in [9.17, 15) is 19.2 Å². The number of amides is 2. The number of ketones is 2. The molecule has 10 nitrogen and oxygen atoms in total. The maximum absolute atomic E-state index is 13.3. The van der Waals surface area contributed by atoms with E-state index in [-0.39, 0.29) is 47.6 Å². The molecule has 2 fully saturated rings. The van der Waals surface area contributed by atoms with Crippen LogP contribution >= 0.6 is 0 Å².